The van der Waals surface area contributed by atoms with Gasteiger partial charge in [-0.3, -0.25) is 0 Å². The van der Waals surface area contributed by atoms with Gasteiger partial charge in [-0.25, -0.2) is 0 Å². The van der Waals surface area contributed by atoms with E-state index in [1.54, 1.807) is 11.1 Å². The first-order valence-corrected chi connectivity index (χ1v) is 8.86. The first-order valence-electron chi connectivity index (χ1n) is 8.86. The van der Waals surface area contributed by atoms with Crippen molar-refractivity contribution in [2.45, 2.75) is 78.7 Å². The second-order valence-electron chi connectivity index (χ2n) is 8.76. The van der Waals surface area contributed by atoms with Crippen molar-refractivity contribution in [3.05, 3.63) is 23.3 Å². The third-order valence-electron chi connectivity index (χ3n) is 7.07. The van der Waals surface area contributed by atoms with Gasteiger partial charge in [0.25, 0.3) is 0 Å². The Labute approximate surface area is 130 Å². The van der Waals surface area contributed by atoms with Crippen LogP contribution in [-0.2, 0) is 0 Å². The summed E-state index contributed by atoms with van der Waals surface area (Å²) in [6, 6.07) is 0. The number of rotatable bonds is 1. The fraction of sp³-hybridized carbons (Fsp3) is 0.800. The highest BCUT2D eigenvalue weighted by atomic mass is 16.3. The van der Waals surface area contributed by atoms with Gasteiger partial charge in [-0.1, -0.05) is 45.4 Å². The van der Waals surface area contributed by atoms with Crippen molar-refractivity contribution >= 4 is 0 Å². The van der Waals surface area contributed by atoms with Crippen LogP contribution in [0.4, 0.5) is 0 Å². The molecule has 4 atom stereocenters. The van der Waals surface area contributed by atoms with Gasteiger partial charge < -0.3 is 5.11 Å². The lowest BCUT2D eigenvalue weighted by Gasteiger charge is -2.45. The third kappa shape index (κ3) is 2.32. The fourth-order valence-electron chi connectivity index (χ4n) is 5.47. The average Bonchev–Trinajstić information content (AvgIpc) is 2.69. The van der Waals surface area contributed by atoms with Gasteiger partial charge in [-0.05, 0) is 73.2 Å². The lowest BCUT2D eigenvalue weighted by molar-refractivity contribution is 0.0590. The maximum Gasteiger partial charge on any atom is 0.0750 e. The summed E-state index contributed by atoms with van der Waals surface area (Å²) in [5, 5.41) is 10.3. The Kier molecular flexibility index (Phi) is 3.64. The van der Waals surface area contributed by atoms with E-state index >= 15 is 0 Å². The zero-order valence-corrected chi connectivity index (χ0v) is 14.3. The largest absolute Gasteiger partial charge is 0.389 e. The van der Waals surface area contributed by atoms with E-state index in [0.29, 0.717) is 22.7 Å². The fourth-order valence-corrected chi connectivity index (χ4v) is 5.47. The SMILES string of the molecule is C=C1C(O)CCC2(C)CCC3=C(C(C)C)CCC3(C)CC12. The summed E-state index contributed by atoms with van der Waals surface area (Å²) in [6.07, 6.45) is 8.20. The maximum atomic E-state index is 10.3. The van der Waals surface area contributed by atoms with E-state index in [0.717, 1.165) is 18.4 Å². The molecule has 21 heavy (non-hydrogen) atoms. The van der Waals surface area contributed by atoms with E-state index in [-0.39, 0.29) is 6.10 Å². The second kappa shape index (κ2) is 4.98. The molecule has 0 saturated heterocycles. The molecule has 0 aromatic rings. The van der Waals surface area contributed by atoms with Gasteiger partial charge in [0, 0.05) is 0 Å². The summed E-state index contributed by atoms with van der Waals surface area (Å²) in [4.78, 5) is 0. The summed E-state index contributed by atoms with van der Waals surface area (Å²) < 4.78 is 0. The molecule has 0 aliphatic heterocycles. The summed E-state index contributed by atoms with van der Waals surface area (Å²) >= 11 is 0. The Morgan fingerprint density at radius 1 is 1.14 bits per heavy atom. The molecule has 0 aromatic carbocycles. The standard InChI is InChI=1S/C20H32O/c1-13(2)15-6-9-20(5)12-17-14(3)18(21)8-11-19(17,4)10-7-16(15)20/h13,17-18,21H,3,6-12H2,1-2,4-5H3. The molecule has 0 radical (unpaired) electrons. The molecule has 4 unspecified atom stereocenters. The lowest BCUT2D eigenvalue weighted by Crippen LogP contribution is -2.39. The van der Waals surface area contributed by atoms with Gasteiger partial charge in [0.05, 0.1) is 6.10 Å². The van der Waals surface area contributed by atoms with E-state index in [2.05, 4.69) is 34.3 Å². The van der Waals surface area contributed by atoms with Crippen LogP contribution < -0.4 is 0 Å². The average molecular weight is 288 g/mol. The molecular weight excluding hydrogens is 256 g/mol. The van der Waals surface area contributed by atoms with Crippen LogP contribution in [0.5, 0.6) is 0 Å². The predicted molar refractivity (Wildman–Crippen MR) is 89.0 cm³/mol. The van der Waals surface area contributed by atoms with E-state index < -0.39 is 0 Å². The van der Waals surface area contributed by atoms with Gasteiger partial charge in [-0.2, -0.15) is 0 Å². The van der Waals surface area contributed by atoms with Gasteiger partial charge in [0.1, 0.15) is 0 Å². The smallest absolute Gasteiger partial charge is 0.0750 e. The van der Waals surface area contributed by atoms with Crippen LogP contribution >= 0.6 is 0 Å². The van der Waals surface area contributed by atoms with Crippen LogP contribution in [-0.4, -0.2) is 11.2 Å². The minimum Gasteiger partial charge on any atom is -0.389 e. The highest BCUT2D eigenvalue weighted by Crippen LogP contribution is 2.60. The van der Waals surface area contributed by atoms with Crippen molar-refractivity contribution in [3.8, 4) is 0 Å². The molecule has 2 saturated carbocycles. The monoisotopic (exact) mass is 288 g/mol. The first kappa shape index (κ1) is 15.3. The molecule has 3 aliphatic rings. The first-order chi connectivity index (χ1) is 9.77. The van der Waals surface area contributed by atoms with E-state index in [9.17, 15) is 5.11 Å². The van der Waals surface area contributed by atoms with E-state index in [1.165, 1.54) is 32.1 Å². The minimum absolute atomic E-state index is 0.261. The van der Waals surface area contributed by atoms with Crippen molar-refractivity contribution in [2.75, 3.05) is 0 Å². The van der Waals surface area contributed by atoms with Crippen molar-refractivity contribution in [1.82, 2.24) is 0 Å². The molecule has 2 fully saturated rings. The number of aliphatic hydroxyl groups excluding tert-OH is 1. The molecule has 0 bridgehead atoms. The molecule has 1 N–H and O–H groups in total. The molecule has 0 heterocycles. The van der Waals surface area contributed by atoms with Crippen LogP contribution in [0.1, 0.15) is 72.6 Å². The van der Waals surface area contributed by atoms with Crippen molar-refractivity contribution in [2.24, 2.45) is 22.7 Å². The van der Waals surface area contributed by atoms with Crippen LogP contribution in [0.25, 0.3) is 0 Å². The lowest BCUT2D eigenvalue weighted by atomic mass is 9.60. The topological polar surface area (TPSA) is 20.2 Å². The van der Waals surface area contributed by atoms with Gasteiger partial charge >= 0.3 is 0 Å². The van der Waals surface area contributed by atoms with Gasteiger partial charge in [0.15, 0.2) is 0 Å². The number of hydrogen-bond donors (Lipinski definition) is 1. The summed E-state index contributed by atoms with van der Waals surface area (Å²) in [6.45, 7) is 14.0. The molecule has 0 spiro atoms. The molecule has 3 rings (SSSR count). The third-order valence-corrected chi connectivity index (χ3v) is 7.07. The summed E-state index contributed by atoms with van der Waals surface area (Å²) in [5.41, 5.74) is 5.37. The highest BCUT2D eigenvalue weighted by molar-refractivity contribution is 5.32. The Morgan fingerprint density at radius 3 is 2.52 bits per heavy atom. The molecule has 118 valence electrons. The summed E-state index contributed by atoms with van der Waals surface area (Å²) in [5.74, 6) is 1.21. The number of fused-ring (bicyclic) bond motifs is 2. The Morgan fingerprint density at radius 2 is 1.86 bits per heavy atom. The molecule has 0 aromatic heterocycles. The van der Waals surface area contributed by atoms with Gasteiger partial charge in [0.2, 0.25) is 0 Å². The van der Waals surface area contributed by atoms with Crippen LogP contribution in [0, 0.1) is 22.7 Å². The van der Waals surface area contributed by atoms with Crippen LogP contribution in [0.2, 0.25) is 0 Å². The van der Waals surface area contributed by atoms with Gasteiger partial charge in [-0.15, -0.1) is 0 Å². The quantitative estimate of drug-likeness (QED) is 0.653. The zero-order valence-electron chi connectivity index (χ0n) is 14.3. The van der Waals surface area contributed by atoms with Crippen LogP contribution in [0.3, 0.4) is 0 Å². The zero-order chi connectivity index (χ0) is 15.4. The number of allylic oxidation sites excluding steroid dienone is 2. The Bertz CT molecular complexity index is 486. The Balaban J connectivity index is 1.99. The molecular formula is C20H32O. The molecule has 1 nitrogen and oxygen atoms in total. The van der Waals surface area contributed by atoms with E-state index in [4.69, 9.17) is 0 Å². The number of hydrogen-bond acceptors (Lipinski definition) is 1. The molecule has 3 aliphatic carbocycles. The summed E-state index contributed by atoms with van der Waals surface area (Å²) in [7, 11) is 0. The minimum atomic E-state index is -0.261. The Hall–Kier alpha value is -0.560. The highest BCUT2D eigenvalue weighted by Gasteiger charge is 2.50. The van der Waals surface area contributed by atoms with Crippen molar-refractivity contribution in [1.29, 1.82) is 0 Å². The normalized spacial score (nSPS) is 43.8. The van der Waals surface area contributed by atoms with Crippen molar-refractivity contribution < 1.29 is 5.11 Å². The van der Waals surface area contributed by atoms with Crippen molar-refractivity contribution in [3.63, 3.8) is 0 Å². The van der Waals surface area contributed by atoms with Crippen LogP contribution in [0.15, 0.2) is 23.3 Å². The molecule has 1 heteroatoms. The van der Waals surface area contributed by atoms with E-state index in [1.807, 2.05) is 0 Å². The maximum absolute atomic E-state index is 10.3. The number of aliphatic hydroxyl groups is 1. The predicted octanol–water partition coefficient (Wildman–Crippen LogP) is 5.26. The molecule has 0 amide bonds. The second-order valence-corrected chi connectivity index (χ2v) is 8.76.